The molecule has 6 nitrogen and oxygen atoms in total. The Balaban J connectivity index is 3.04. The summed E-state index contributed by atoms with van der Waals surface area (Å²) in [7, 11) is 0. The number of unbranched alkanes of at least 4 members (excludes halogenated alkanes) is 1. The normalized spacial score (nSPS) is 13.9. The summed E-state index contributed by atoms with van der Waals surface area (Å²) >= 11 is 0. The van der Waals surface area contributed by atoms with Crippen LogP contribution in [0.1, 0.15) is 68.3 Å². The van der Waals surface area contributed by atoms with Gasteiger partial charge >= 0.3 is 0 Å². The summed E-state index contributed by atoms with van der Waals surface area (Å²) in [5.41, 5.74) is 11.8. The number of allylic oxidation sites excluding steroid dienone is 1. The van der Waals surface area contributed by atoms with E-state index in [4.69, 9.17) is 5.73 Å². The number of nitrogens with two attached hydrogens (primary N) is 1. The Morgan fingerprint density at radius 1 is 1.29 bits per heavy atom. The molecule has 1 atom stereocenters. The van der Waals surface area contributed by atoms with Gasteiger partial charge in [0.05, 0.1) is 0 Å². The summed E-state index contributed by atoms with van der Waals surface area (Å²) in [5, 5.41) is 12.9. The molecular weight excluding hydrogens is 350 g/mol. The maximum Gasteiger partial charge on any atom is 0.221 e. The van der Waals surface area contributed by atoms with Crippen LogP contribution >= 0.6 is 0 Å². The quantitative estimate of drug-likeness (QED) is 0.398. The Hall–Kier alpha value is -2.21. The number of pyridine rings is 1. The molecule has 156 valence electrons. The van der Waals surface area contributed by atoms with Gasteiger partial charge in [0, 0.05) is 24.5 Å². The van der Waals surface area contributed by atoms with Crippen LogP contribution in [-0.4, -0.2) is 35.4 Å². The maximum atomic E-state index is 9.39. The lowest BCUT2D eigenvalue weighted by atomic mass is 10.0. The number of guanidine groups is 1. The van der Waals surface area contributed by atoms with Gasteiger partial charge in [-0.15, -0.1) is 0 Å². The third-order valence-corrected chi connectivity index (χ3v) is 5.25. The van der Waals surface area contributed by atoms with Crippen LogP contribution in [0.2, 0.25) is 0 Å². The van der Waals surface area contributed by atoms with Crippen molar-refractivity contribution in [1.82, 2.24) is 10.3 Å². The number of aliphatic hydroxyl groups is 1. The molecule has 1 heterocycles. The second kappa shape index (κ2) is 12.3. The SMILES string of the molecule is C=N/C(N)=N\C(N[C@H](CCO)CCCC)=C(/C)CCc1ncc(C)c(C)c1C. The second-order valence-electron chi connectivity index (χ2n) is 7.39. The maximum absolute atomic E-state index is 9.39. The first-order valence-corrected chi connectivity index (χ1v) is 10.1. The summed E-state index contributed by atoms with van der Waals surface area (Å²) in [6.07, 6.45) is 7.43. The summed E-state index contributed by atoms with van der Waals surface area (Å²) in [4.78, 5) is 12.8. The van der Waals surface area contributed by atoms with Crippen molar-refractivity contribution in [3.8, 4) is 0 Å². The highest BCUT2D eigenvalue weighted by molar-refractivity contribution is 5.83. The minimum atomic E-state index is 0.137. The molecule has 0 fully saturated rings. The molecule has 0 amide bonds. The van der Waals surface area contributed by atoms with Gasteiger partial charge in [0.1, 0.15) is 5.82 Å². The van der Waals surface area contributed by atoms with E-state index in [-0.39, 0.29) is 18.6 Å². The van der Waals surface area contributed by atoms with E-state index >= 15 is 0 Å². The van der Waals surface area contributed by atoms with E-state index < -0.39 is 0 Å². The number of hydrogen-bond donors (Lipinski definition) is 3. The van der Waals surface area contributed by atoms with Crippen molar-refractivity contribution in [2.75, 3.05) is 6.61 Å². The fourth-order valence-corrected chi connectivity index (χ4v) is 3.05. The lowest BCUT2D eigenvalue weighted by Gasteiger charge is -2.21. The molecule has 0 radical (unpaired) electrons. The van der Waals surface area contributed by atoms with E-state index in [0.29, 0.717) is 6.42 Å². The van der Waals surface area contributed by atoms with E-state index in [1.807, 2.05) is 6.20 Å². The Morgan fingerprint density at radius 3 is 2.61 bits per heavy atom. The highest BCUT2D eigenvalue weighted by atomic mass is 16.3. The van der Waals surface area contributed by atoms with Gasteiger partial charge in [-0.3, -0.25) is 4.98 Å². The second-order valence-corrected chi connectivity index (χ2v) is 7.39. The number of rotatable bonds is 11. The van der Waals surface area contributed by atoms with E-state index in [2.05, 4.69) is 61.6 Å². The van der Waals surface area contributed by atoms with Crippen LogP contribution in [0.15, 0.2) is 27.6 Å². The van der Waals surface area contributed by atoms with E-state index in [1.54, 1.807) is 0 Å². The molecule has 1 aromatic heterocycles. The first-order chi connectivity index (χ1) is 13.3. The number of nitrogens with zero attached hydrogens (tertiary/aromatic N) is 3. The molecule has 0 aliphatic rings. The molecule has 0 unspecified atom stereocenters. The number of nitrogens with one attached hydrogen (secondary N) is 1. The van der Waals surface area contributed by atoms with Crippen LogP contribution in [-0.2, 0) is 6.42 Å². The lowest BCUT2D eigenvalue weighted by Crippen LogP contribution is -2.30. The minimum absolute atomic E-state index is 0.137. The van der Waals surface area contributed by atoms with Gasteiger partial charge in [-0.2, -0.15) is 4.99 Å². The third-order valence-electron chi connectivity index (χ3n) is 5.25. The fraction of sp³-hybridized carbons (Fsp3) is 0.591. The predicted molar refractivity (Wildman–Crippen MR) is 119 cm³/mol. The third kappa shape index (κ3) is 7.43. The summed E-state index contributed by atoms with van der Waals surface area (Å²) in [6.45, 7) is 14.2. The molecule has 0 aliphatic carbocycles. The molecule has 4 N–H and O–H groups in total. The van der Waals surface area contributed by atoms with Crippen LogP contribution in [0.25, 0.3) is 0 Å². The minimum Gasteiger partial charge on any atom is -0.396 e. The van der Waals surface area contributed by atoms with Gasteiger partial charge in [0.25, 0.3) is 0 Å². The van der Waals surface area contributed by atoms with Crippen molar-refractivity contribution in [3.05, 3.63) is 40.0 Å². The van der Waals surface area contributed by atoms with Crippen molar-refractivity contribution < 1.29 is 5.11 Å². The smallest absolute Gasteiger partial charge is 0.221 e. The van der Waals surface area contributed by atoms with Crippen molar-refractivity contribution in [1.29, 1.82) is 0 Å². The number of hydrogen-bond acceptors (Lipinski definition) is 4. The number of aliphatic imine (C=N–C) groups is 2. The average molecular weight is 388 g/mol. The average Bonchev–Trinajstić information content (AvgIpc) is 2.68. The monoisotopic (exact) mass is 387 g/mol. The van der Waals surface area contributed by atoms with Crippen molar-refractivity contribution in [2.24, 2.45) is 15.7 Å². The lowest BCUT2D eigenvalue weighted by molar-refractivity contribution is 0.263. The van der Waals surface area contributed by atoms with Crippen LogP contribution in [0.3, 0.4) is 0 Å². The number of aliphatic hydroxyl groups excluding tert-OH is 1. The molecule has 6 heteroatoms. The summed E-state index contributed by atoms with van der Waals surface area (Å²) in [5.74, 6) is 0.863. The first kappa shape index (κ1) is 23.8. The topological polar surface area (TPSA) is 95.9 Å². The summed E-state index contributed by atoms with van der Waals surface area (Å²) < 4.78 is 0. The summed E-state index contributed by atoms with van der Waals surface area (Å²) in [6, 6.07) is 0.151. The Morgan fingerprint density at radius 2 is 2.00 bits per heavy atom. The zero-order valence-electron chi connectivity index (χ0n) is 18.2. The Kier molecular flexibility index (Phi) is 10.5. The molecule has 0 aromatic carbocycles. The highest BCUT2D eigenvalue weighted by Crippen LogP contribution is 2.19. The van der Waals surface area contributed by atoms with Crippen LogP contribution in [0.4, 0.5) is 0 Å². The zero-order valence-corrected chi connectivity index (χ0v) is 18.2. The molecule has 1 aromatic rings. The van der Waals surface area contributed by atoms with Crippen LogP contribution < -0.4 is 11.1 Å². The molecular formula is C22H37N5O. The molecule has 0 spiro atoms. The first-order valence-electron chi connectivity index (χ1n) is 10.1. The largest absolute Gasteiger partial charge is 0.396 e. The molecule has 0 aliphatic heterocycles. The molecule has 1 rings (SSSR count). The van der Waals surface area contributed by atoms with E-state index in [0.717, 1.165) is 49.2 Å². The van der Waals surface area contributed by atoms with Crippen molar-refractivity contribution >= 4 is 12.7 Å². The van der Waals surface area contributed by atoms with Gasteiger partial charge in [0.15, 0.2) is 0 Å². The zero-order chi connectivity index (χ0) is 21.1. The van der Waals surface area contributed by atoms with E-state index in [1.165, 1.54) is 16.7 Å². The fourth-order valence-electron chi connectivity index (χ4n) is 3.05. The highest BCUT2D eigenvalue weighted by Gasteiger charge is 2.13. The van der Waals surface area contributed by atoms with Gasteiger partial charge < -0.3 is 16.2 Å². The van der Waals surface area contributed by atoms with Gasteiger partial charge in [-0.1, -0.05) is 19.8 Å². The molecule has 0 bridgehead atoms. The van der Waals surface area contributed by atoms with Crippen molar-refractivity contribution in [2.45, 2.75) is 79.2 Å². The number of aryl methyl sites for hydroxylation is 2. The number of aromatic nitrogens is 1. The van der Waals surface area contributed by atoms with Crippen molar-refractivity contribution in [3.63, 3.8) is 0 Å². The standard InChI is InChI=1S/C22H37N5O/c1-7-8-9-19(12-13-28)26-21(27-22(23)24-6)15(2)10-11-20-18(5)17(4)16(3)14-25-20/h14,19,26,28H,6-13H2,1-5H3,(H2,23,27)/b21-15+/t19-/m0/s1. The van der Waals surface area contributed by atoms with Crippen LogP contribution in [0.5, 0.6) is 0 Å². The molecule has 0 saturated heterocycles. The predicted octanol–water partition coefficient (Wildman–Crippen LogP) is 3.72. The Labute approximate surface area is 170 Å². The van der Waals surface area contributed by atoms with E-state index in [9.17, 15) is 5.11 Å². The van der Waals surface area contributed by atoms with Crippen LogP contribution in [0, 0.1) is 20.8 Å². The van der Waals surface area contributed by atoms with Gasteiger partial charge in [0.2, 0.25) is 5.96 Å². The molecule has 0 saturated carbocycles. The van der Waals surface area contributed by atoms with Gasteiger partial charge in [-0.05, 0) is 82.4 Å². The molecule has 28 heavy (non-hydrogen) atoms. The van der Waals surface area contributed by atoms with Gasteiger partial charge in [-0.25, -0.2) is 4.99 Å². The Bertz CT molecular complexity index is 709.